The number of amides is 1. The molecular formula is C21H14ClF2N5O2. The number of rotatable bonds is 5. The molecule has 3 N–H and O–H groups in total. The molecule has 1 amide bonds. The second kappa shape index (κ2) is 8.41. The zero-order valence-electron chi connectivity index (χ0n) is 15.7. The van der Waals surface area contributed by atoms with Crippen LogP contribution in [0.2, 0.25) is 5.02 Å². The van der Waals surface area contributed by atoms with Crippen LogP contribution in [0, 0.1) is 11.8 Å². The van der Waals surface area contributed by atoms with E-state index in [1.54, 1.807) is 30.3 Å². The predicted molar refractivity (Wildman–Crippen MR) is 112 cm³/mol. The van der Waals surface area contributed by atoms with Gasteiger partial charge in [0.1, 0.15) is 16.4 Å². The van der Waals surface area contributed by atoms with E-state index < -0.39 is 17.7 Å². The van der Waals surface area contributed by atoms with Gasteiger partial charge in [0.2, 0.25) is 5.95 Å². The minimum Gasteiger partial charge on any atom is -0.453 e. The van der Waals surface area contributed by atoms with E-state index in [-0.39, 0.29) is 33.6 Å². The van der Waals surface area contributed by atoms with Crippen molar-refractivity contribution in [3.8, 4) is 17.2 Å². The number of carbonyl (C=O) groups excluding carboxylic acids is 1. The molecule has 0 fully saturated rings. The summed E-state index contributed by atoms with van der Waals surface area (Å²) >= 11 is 5.99. The smallest absolute Gasteiger partial charge is 0.261 e. The van der Waals surface area contributed by atoms with Gasteiger partial charge in [-0.05, 0) is 24.3 Å². The number of aromatic nitrogens is 3. The van der Waals surface area contributed by atoms with Crippen molar-refractivity contribution in [2.45, 2.75) is 0 Å². The van der Waals surface area contributed by atoms with Gasteiger partial charge in [-0.15, -0.1) is 0 Å². The van der Waals surface area contributed by atoms with Crippen molar-refractivity contribution in [3.05, 3.63) is 89.3 Å². The van der Waals surface area contributed by atoms with Gasteiger partial charge >= 0.3 is 0 Å². The Labute approximate surface area is 180 Å². The highest BCUT2D eigenvalue weighted by molar-refractivity contribution is 6.34. The lowest BCUT2D eigenvalue weighted by molar-refractivity contribution is 0.102. The molecule has 2 heterocycles. The highest BCUT2D eigenvalue weighted by atomic mass is 35.5. The van der Waals surface area contributed by atoms with Gasteiger partial charge in [0, 0.05) is 24.0 Å². The van der Waals surface area contributed by atoms with Crippen molar-refractivity contribution in [1.29, 1.82) is 0 Å². The van der Waals surface area contributed by atoms with Crippen molar-refractivity contribution >= 4 is 29.0 Å². The average Bonchev–Trinajstić information content (AvgIpc) is 3.15. The number of hydrogen-bond donors (Lipinski definition) is 2. The molecule has 7 nitrogen and oxygen atoms in total. The first-order valence-electron chi connectivity index (χ1n) is 8.91. The van der Waals surface area contributed by atoms with Gasteiger partial charge in [-0.1, -0.05) is 29.8 Å². The number of para-hydroxylation sites is 1. The van der Waals surface area contributed by atoms with Crippen molar-refractivity contribution in [2.75, 3.05) is 11.1 Å². The Bertz CT molecular complexity index is 1260. The van der Waals surface area contributed by atoms with Gasteiger partial charge < -0.3 is 15.8 Å². The molecule has 4 aromatic rings. The maximum atomic E-state index is 14.6. The summed E-state index contributed by atoms with van der Waals surface area (Å²) in [4.78, 5) is 16.2. The molecule has 0 unspecified atom stereocenters. The number of nitrogens with one attached hydrogen (secondary N) is 1. The Morgan fingerprint density at radius 3 is 2.61 bits per heavy atom. The topological polar surface area (TPSA) is 95.1 Å². The van der Waals surface area contributed by atoms with Crippen molar-refractivity contribution < 1.29 is 18.3 Å². The summed E-state index contributed by atoms with van der Waals surface area (Å²) in [5.41, 5.74) is 5.87. The molecule has 0 aliphatic heterocycles. The fourth-order valence-electron chi connectivity index (χ4n) is 2.73. The Morgan fingerprint density at radius 1 is 1.10 bits per heavy atom. The number of anilines is 2. The molecule has 0 atom stereocenters. The zero-order valence-corrected chi connectivity index (χ0v) is 16.5. The van der Waals surface area contributed by atoms with Crippen LogP contribution in [0.1, 0.15) is 10.4 Å². The molecule has 0 saturated heterocycles. The fourth-order valence-corrected chi connectivity index (χ4v) is 2.88. The molecule has 31 heavy (non-hydrogen) atoms. The molecule has 10 heteroatoms. The van der Waals surface area contributed by atoms with Crippen LogP contribution < -0.4 is 15.8 Å². The van der Waals surface area contributed by atoms with Gasteiger partial charge in [0.15, 0.2) is 17.3 Å². The van der Waals surface area contributed by atoms with Crippen LogP contribution in [0.5, 0.6) is 11.5 Å². The normalized spacial score (nSPS) is 10.7. The second-order valence-corrected chi connectivity index (χ2v) is 6.68. The average molecular weight is 442 g/mol. The number of pyridine rings is 1. The largest absolute Gasteiger partial charge is 0.453 e. The summed E-state index contributed by atoms with van der Waals surface area (Å²) in [5, 5.41) is 6.38. The molecule has 0 aliphatic carbocycles. The molecule has 0 bridgehead atoms. The first-order valence-corrected chi connectivity index (χ1v) is 9.29. The number of carbonyl (C=O) groups is 1. The number of halogens is 3. The third kappa shape index (κ3) is 4.17. The summed E-state index contributed by atoms with van der Waals surface area (Å²) in [6.07, 6.45) is 2.47. The Kier molecular flexibility index (Phi) is 5.50. The Hall–Kier alpha value is -3.98. The summed E-state index contributed by atoms with van der Waals surface area (Å²) < 4.78 is 35.5. The van der Waals surface area contributed by atoms with Crippen LogP contribution in [-0.4, -0.2) is 20.7 Å². The number of nitrogens with zero attached hydrogens (tertiary/aromatic N) is 3. The molecule has 2 aromatic carbocycles. The minimum absolute atomic E-state index is 0.0431. The number of nitrogens with two attached hydrogens (primary N) is 1. The van der Waals surface area contributed by atoms with Crippen LogP contribution in [0.25, 0.3) is 5.69 Å². The molecule has 0 aliphatic rings. The van der Waals surface area contributed by atoms with Gasteiger partial charge in [0.25, 0.3) is 5.91 Å². The lowest BCUT2D eigenvalue weighted by Gasteiger charge is -2.11. The lowest BCUT2D eigenvalue weighted by atomic mass is 10.2. The molecule has 2 aromatic heterocycles. The summed E-state index contributed by atoms with van der Waals surface area (Å²) in [6.45, 7) is 0. The first kappa shape index (κ1) is 20.3. The van der Waals surface area contributed by atoms with Crippen molar-refractivity contribution in [1.82, 2.24) is 14.8 Å². The van der Waals surface area contributed by atoms with Crippen molar-refractivity contribution in [2.24, 2.45) is 0 Å². The van der Waals surface area contributed by atoms with E-state index in [2.05, 4.69) is 15.4 Å². The molecule has 4 rings (SSSR count). The van der Waals surface area contributed by atoms with E-state index in [0.29, 0.717) is 5.69 Å². The summed E-state index contributed by atoms with van der Waals surface area (Å²) in [6, 6.07) is 13.7. The number of ether oxygens (including phenoxy) is 1. The zero-order chi connectivity index (χ0) is 22.0. The predicted octanol–water partition coefficient (Wildman–Crippen LogP) is 4.83. The van der Waals surface area contributed by atoms with E-state index in [1.807, 2.05) is 0 Å². The third-order valence-electron chi connectivity index (χ3n) is 4.25. The van der Waals surface area contributed by atoms with Gasteiger partial charge in [-0.3, -0.25) is 4.79 Å². The number of nitrogen functional groups attached to an aromatic ring is 1. The Balaban J connectivity index is 1.51. The summed E-state index contributed by atoms with van der Waals surface area (Å²) in [5.74, 6) is -2.37. The summed E-state index contributed by atoms with van der Waals surface area (Å²) in [7, 11) is 0. The van der Waals surface area contributed by atoms with E-state index in [0.717, 1.165) is 16.9 Å². The number of hydrogen-bond acceptors (Lipinski definition) is 5. The van der Waals surface area contributed by atoms with Crippen LogP contribution >= 0.6 is 11.6 Å². The standard InChI is InChI=1S/C21H14ClF2N5O2/c22-18-17(8-9-26-20(18)25)31-16-7-6-12(10-15(16)23)28-21(30)14-11-27-29(19(14)24)13-4-2-1-3-5-13/h1-11H,(H2,25,26)(H,28,30). The maximum absolute atomic E-state index is 14.6. The van der Waals surface area contributed by atoms with E-state index in [4.69, 9.17) is 22.1 Å². The second-order valence-electron chi connectivity index (χ2n) is 6.31. The van der Waals surface area contributed by atoms with Crippen LogP contribution in [0.4, 0.5) is 20.3 Å². The monoisotopic (exact) mass is 441 g/mol. The van der Waals surface area contributed by atoms with E-state index in [9.17, 15) is 13.6 Å². The highest BCUT2D eigenvalue weighted by Crippen LogP contribution is 2.34. The SMILES string of the molecule is Nc1nccc(Oc2ccc(NC(=O)c3cnn(-c4ccccc4)c3F)cc2F)c1Cl. The van der Waals surface area contributed by atoms with Crippen molar-refractivity contribution in [3.63, 3.8) is 0 Å². The van der Waals surface area contributed by atoms with E-state index >= 15 is 0 Å². The molecular weight excluding hydrogens is 428 g/mol. The van der Waals surface area contributed by atoms with Crippen LogP contribution in [0.3, 0.4) is 0 Å². The quantitative estimate of drug-likeness (QED) is 0.462. The highest BCUT2D eigenvalue weighted by Gasteiger charge is 2.19. The Morgan fingerprint density at radius 2 is 1.87 bits per heavy atom. The van der Waals surface area contributed by atoms with Crippen LogP contribution in [-0.2, 0) is 0 Å². The maximum Gasteiger partial charge on any atom is 0.261 e. The van der Waals surface area contributed by atoms with Crippen LogP contribution in [0.15, 0.2) is 67.0 Å². The molecule has 156 valence electrons. The minimum atomic E-state index is -0.839. The lowest BCUT2D eigenvalue weighted by Crippen LogP contribution is -2.14. The fraction of sp³-hybridized carbons (Fsp3) is 0. The van der Waals surface area contributed by atoms with Gasteiger partial charge in [-0.2, -0.15) is 9.49 Å². The first-order chi connectivity index (χ1) is 14.9. The van der Waals surface area contributed by atoms with E-state index in [1.165, 1.54) is 24.4 Å². The third-order valence-corrected chi connectivity index (χ3v) is 4.63. The molecule has 0 saturated carbocycles. The molecule has 0 spiro atoms. The number of benzene rings is 2. The van der Waals surface area contributed by atoms with Gasteiger partial charge in [-0.25, -0.2) is 14.1 Å². The molecule has 0 radical (unpaired) electrons. The van der Waals surface area contributed by atoms with Gasteiger partial charge in [0.05, 0.1) is 11.9 Å².